The molecule has 1 N–H and O–H groups in total. The number of aromatic nitrogens is 5. The summed E-state index contributed by atoms with van der Waals surface area (Å²) in [4.78, 5) is 37.2. The number of carbonyl (C=O) groups is 1. The minimum absolute atomic E-state index is 0.0155. The number of hydrogen-bond donors (Lipinski definition) is 1. The first-order valence-electron chi connectivity index (χ1n) is 14.4. The highest BCUT2D eigenvalue weighted by atomic mass is 19.4. The lowest BCUT2D eigenvalue weighted by Crippen LogP contribution is -2.44. The van der Waals surface area contributed by atoms with Crippen LogP contribution in [0, 0.1) is 0 Å². The molecule has 12 nitrogen and oxygen atoms in total. The summed E-state index contributed by atoms with van der Waals surface area (Å²) in [5.74, 6) is -0.0981. The third-order valence-electron chi connectivity index (χ3n) is 8.13. The third-order valence-corrected chi connectivity index (χ3v) is 8.13. The van der Waals surface area contributed by atoms with Crippen LogP contribution in [0.15, 0.2) is 41.5 Å². The topological polar surface area (TPSA) is 106 Å². The van der Waals surface area contributed by atoms with E-state index < -0.39 is 18.6 Å². The van der Waals surface area contributed by atoms with Crippen LogP contribution in [0.5, 0.6) is 5.88 Å². The molecule has 2 aliphatic heterocycles. The van der Waals surface area contributed by atoms with Gasteiger partial charge in [0.25, 0.3) is 11.5 Å². The third kappa shape index (κ3) is 6.01. The van der Waals surface area contributed by atoms with Crippen molar-refractivity contribution in [3.05, 3.63) is 52.6 Å². The van der Waals surface area contributed by atoms with Gasteiger partial charge in [0.15, 0.2) is 0 Å². The highest BCUT2D eigenvalue weighted by Gasteiger charge is 2.31. The molecular formula is C29H34F3N9O3. The van der Waals surface area contributed by atoms with Crippen molar-refractivity contribution in [1.29, 1.82) is 0 Å². The van der Waals surface area contributed by atoms with E-state index in [9.17, 15) is 22.8 Å². The van der Waals surface area contributed by atoms with Gasteiger partial charge in [-0.05, 0) is 31.3 Å². The summed E-state index contributed by atoms with van der Waals surface area (Å²) in [6, 6.07) is 7.28. The number of nitrogens with zero attached hydrogens (tertiary/aromatic N) is 8. The van der Waals surface area contributed by atoms with E-state index in [1.54, 1.807) is 11.6 Å². The number of imidazole rings is 1. The lowest BCUT2D eigenvalue weighted by Gasteiger charge is -2.34. The summed E-state index contributed by atoms with van der Waals surface area (Å²) in [6.07, 6.45) is -1.56. The summed E-state index contributed by atoms with van der Waals surface area (Å²) in [5.41, 5.74) is 2.60. The predicted molar refractivity (Wildman–Crippen MR) is 159 cm³/mol. The number of aryl methyl sites for hydroxylation is 2. The number of amides is 1. The van der Waals surface area contributed by atoms with E-state index >= 15 is 0 Å². The van der Waals surface area contributed by atoms with Gasteiger partial charge >= 0.3 is 6.18 Å². The van der Waals surface area contributed by atoms with Crippen molar-refractivity contribution in [2.24, 2.45) is 14.1 Å². The minimum atomic E-state index is -4.44. The summed E-state index contributed by atoms with van der Waals surface area (Å²) in [7, 11) is 5.23. The number of alkyl halides is 3. The zero-order valence-corrected chi connectivity index (χ0v) is 24.8. The van der Waals surface area contributed by atoms with Crippen LogP contribution in [0.1, 0.15) is 10.4 Å². The number of ether oxygens (including phenoxy) is 1. The molecule has 44 heavy (non-hydrogen) atoms. The number of anilines is 2. The van der Waals surface area contributed by atoms with Crippen LogP contribution in [0.3, 0.4) is 0 Å². The highest BCUT2D eigenvalue weighted by molar-refractivity contribution is 6.04. The molecule has 0 radical (unpaired) electrons. The number of likely N-dealkylation sites (N-methyl/N-ethyl adjacent to an activating group) is 1. The normalized spacial score (nSPS) is 17.4. The number of benzene rings is 1. The van der Waals surface area contributed by atoms with Crippen molar-refractivity contribution in [3.8, 4) is 17.0 Å². The first-order valence-corrected chi connectivity index (χ1v) is 14.4. The quantitative estimate of drug-likeness (QED) is 0.368. The van der Waals surface area contributed by atoms with Gasteiger partial charge in [-0.25, -0.2) is 9.67 Å². The number of hydrogen-bond acceptors (Lipinski definition) is 8. The van der Waals surface area contributed by atoms with Crippen LogP contribution >= 0.6 is 0 Å². The molecule has 3 aromatic heterocycles. The van der Waals surface area contributed by atoms with E-state index in [0.717, 1.165) is 31.9 Å². The zero-order valence-electron chi connectivity index (χ0n) is 24.8. The number of rotatable bonds is 2. The van der Waals surface area contributed by atoms with E-state index in [4.69, 9.17) is 4.74 Å². The van der Waals surface area contributed by atoms with Gasteiger partial charge in [0, 0.05) is 71.8 Å². The average Bonchev–Trinajstić information content (AvgIpc) is 3.50. The molecule has 0 saturated carbocycles. The lowest BCUT2D eigenvalue weighted by atomic mass is 10.1. The molecule has 0 spiro atoms. The number of nitrogens with one attached hydrogen (secondary N) is 1. The molecule has 15 heteroatoms. The molecule has 5 heterocycles. The van der Waals surface area contributed by atoms with E-state index in [2.05, 4.69) is 32.2 Å². The number of fused-ring (bicyclic) bond motifs is 7. The molecular weight excluding hydrogens is 579 g/mol. The van der Waals surface area contributed by atoms with Gasteiger partial charge < -0.3 is 23.7 Å². The van der Waals surface area contributed by atoms with Crippen LogP contribution < -0.4 is 20.5 Å². The first kappa shape index (κ1) is 29.7. The predicted octanol–water partition coefficient (Wildman–Crippen LogP) is 2.40. The SMILES string of the molecule is CN1CCN(c2ccc3nc4n(c3c2)CCN(CC(F)(F)F)CCOc2c(cnn2C)-c2cc(cn(C)c2=O)C(=O)N4)CC1. The lowest BCUT2D eigenvalue weighted by molar-refractivity contribution is -0.146. The van der Waals surface area contributed by atoms with Crippen molar-refractivity contribution in [2.75, 3.05) is 69.7 Å². The Kier molecular flexibility index (Phi) is 7.84. The monoisotopic (exact) mass is 613 g/mol. The van der Waals surface area contributed by atoms with Gasteiger partial charge in [0.2, 0.25) is 11.8 Å². The van der Waals surface area contributed by atoms with E-state index in [-0.39, 0.29) is 54.8 Å². The highest BCUT2D eigenvalue weighted by Crippen LogP contribution is 2.30. The molecule has 234 valence electrons. The number of pyridine rings is 1. The molecule has 1 saturated heterocycles. The standard InChI is InChI=1S/C29H34F3N9O3/c1-36-6-9-40(10-7-36)20-4-5-23-24(15-20)41-11-8-39(18-29(30,31)32)12-13-44-27-22(16-33-38(27)3)21-14-19(17-37(2)26(21)43)25(42)35-28(41)34-23/h4-5,14-17H,6-13,18H2,1-3H3,(H,34,35,42). The second-order valence-corrected chi connectivity index (χ2v) is 11.3. The van der Waals surface area contributed by atoms with Gasteiger partial charge in [0.1, 0.15) is 6.61 Å². The Morgan fingerprint density at radius 1 is 0.955 bits per heavy atom. The molecule has 1 fully saturated rings. The maximum absolute atomic E-state index is 13.6. The van der Waals surface area contributed by atoms with Gasteiger partial charge in [-0.1, -0.05) is 0 Å². The van der Waals surface area contributed by atoms with E-state index in [1.807, 2.05) is 18.2 Å². The molecule has 2 bridgehead atoms. The molecule has 4 aromatic rings. The molecule has 2 aliphatic rings. The second kappa shape index (κ2) is 11.6. The molecule has 6 rings (SSSR count). The smallest absolute Gasteiger partial charge is 0.401 e. The van der Waals surface area contributed by atoms with Gasteiger partial charge in [-0.15, -0.1) is 0 Å². The van der Waals surface area contributed by atoms with Crippen molar-refractivity contribution in [1.82, 2.24) is 33.7 Å². The zero-order chi connectivity index (χ0) is 31.2. The Labute approximate surface area is 251 Å². The van der Waals surface area contributed by atoms with Gasteiger partial charge in [-0.2, -0.15) is 18.3 Å². The van der Waals surface area contributed by atoms with Crippen molar-refractivity contribution in [2.45, 2.75) is 12.7 Å². The van der Waals surface area contributed by atoms with E-state index in [0.29, 0.717) is 16.6 Å². The van der Waals surface area contributed by atoms with Crippen LogP contribution in [-0.2, 0) is 20.6 Å². The van der Waals surface area contributed by atoms with Crippen LogP contribution in [-0.4, -0.2) is 105 Å². The Hall–Kier alpha value is -4.37. The van der Waals surface area contributed by atoms with Crippen LogP contribution in [0.25, 0.3) is 22.2 Å². The molecule has 0 atom stereocenters. The maximum atomic E-state index is 13.6. The Balaban J connectivity index is 1.44. The minimum Gasteiger partial charge on any atom is -0.476 e. The Morgan fingerprint density at radius 3 is 2.48 bits per heavy atom. The van der Waals surface area contributed by atoms with E-state index in [1.165, 1.54) is 39.7 Å². The van der Waals surface area contributed by atoms with Crippen molar-refractivity contribution in [3.63, 3.8) is 0 Å². The van der Waals surface area contributed by atoms with Crippen LogP contribution in [0.2, 0.25) is 0 Å². The molecule has 1 aromatic carbocycles. The van der Waals surface area contributed by atoms with Crippen LogP contribution in [0.4, 0.5) is 24.8 Å². The average molecular weight is 614 g/mol. The van der Waals surface area contributed by atoms with Crippen molar-refractivity contribution < 1.29 is 22.7 Å². The molecule has 1 amide bonds. The fraction of sp³-hybridized carbons (Fsp3) is 0.448. The Morgan fingerprint density at radius 2 is 1.73 bits per heavy atom. The van der Waals surface area contributed by atoms with Gasteiger partial charge in [0.05, 0.1) is 40.5 Å². The molecule has 0 aliphatic carbocycles. The molecule has 0 unspecified atom stereocenters. The summed E-state index contributed by atoms with van der Waals surface area (Å²) in [6.45, 7) is 2.39. The Bertz CT molecular complexity index is 1750. The summed E-state index contributed by atoms with van der Waals surface area (Å²) in [5, 5.41) is 7.05. The fourth-order valence-electron chi connectivity index (χ4n) is 5.72. The van der Waals surface area contributed by atoms with Gasteiger partial charge in [-0.3, -0.25) is 19.8 Å². The fourth-order valence-corrected chi connectivity index (χ4v) is 5.72. The second-order valence-electron chi connectivity index (χ2n) is 11.3. The van der Waals surface area contributed by atoms with Crippen molar-refractivity contribution >= 4 is 28.6 Å². The summed E-state index contributed by atoms with van der Waals surface area (Å²) < 4.78 is 51.3. The number of carbonyl (C=O) groups excluding carboxylic acids is 1. The number of piperazine rings is 1. The summed E-state index contributed by atoms with van der Waals surface area (Å²) >= 11 is 0. The maximum Gasteiger partial charge on any atom is 0.401 e. The number of halogens is 3. The largest absolute Gasteiger partial charge is 0.476 e. The first-order chi connectivity index (χ1) is 21.0.